The van der Waals surface area contributed by atoms with Gasteiger partial charge in [0.1, 0.15) is 0 Å². The molecular weight excluding hydrogens is 406 g/mol. The van der Waals surface area contributed by atoms with Crippen molar-refractivity contribution in [3.05, 3.63) is 105 Å². The van der Waals surface area contributed by atoms with Gasteiger partial charge in [0.15, 0.2) is 0 Å². The molecule has 2 aliphatic heterocycles. The average Bonchev–Trinajstić information content (AvgIpc) is 3.30. The first-order valence-electron chi connectivity index (χ1n) is 9.18. The predicted molar refractivity (Wildman–Crippen MR) is 112 cm³/mol. The van der Waals surface area contributed by atoms with E-state index in [9.17, 15) is 14.9 Å². The lowest BCUT2D eigenvalue weighted by atomic mass is 9.74. The van der Waals surface area contributed by atoms with Gasteiger partial charge in [-0.15, -0.1) is 0 Å². The molecule has 2 aliphatic rings. The predicted octanol–water partition coefficient (Wildman–Crippen LogP) is 4.61. The van der Waals surface area contributed by atoms with Crippen molar-refractivity contribution in [3.8, 4) is 0 Å². The zero-order chi connectivity index (χ0) is 20.9. The van der Waals surface area contributed by atoms with E-state index in [1.807, 2.05) is 30.3 Å². The molecule has 148 valence electrons. The van der Waals surface area contributed by atoms with Crippen LogP contribution in [0.15, 0.2) is 78.0 Å². The van der Waals surface area contributed by atoms with Gasteiger partial charge >= 0.3 is 0 Å². The molecule has 7 nitrogen and oxygen atoms in total. The highest BCUT2D eigenvalue weighted by Gasteiger charge is 2.61. The number of nitrogens with one attached hydrogen (secondary N) is 1. The van der Waals surface area contributed by atoms with Gasteiger partial charge in [-0.05, 0) is 23.8 Å². The third-order valence-corrected chi connectivity index (χ3v) is 5.78. The van der Waals surface area contributed by atoms with Gasteiger partial charge in [0.2, 0.25) is 0 Å². The lowest BCUT2D eigenvalue weighted by Gasteiger charge is -2.28. The van der Waals surface area contributed by atoms with E-state index in [-0.39, 0.29) is 11.6 Å². The van der Waals surface area contributed by atoms with Gasteiger partial charge in [-0.3, -0.25) is 14.9 Å². The number of benzene rings is 3. The summed E-state index contributed by atoms with van der Waals surface area (Å²) in [5, 5.41) is 18.6. The minimum absolute atomic E-state index is 0.0278. The van der Waals surface area contributed by atoms with Crippen molar-refractivity contribution in [1.82, 2.24) is 0 Å². The summed E-state index contributed by atoms with van der Waals surface area (Å²) in [6.45, 7) is 0. The van der Waals surface area contributed by atoms with E-state index in [1.165, 1.54) is 12.1 Å². The van der Waals surface area contributed by atoms with Crippen LogP contribution in [0.25, 0.3) is 0 Å². The second-order valence-electron chi connectivity index (χ2n) is 7.07. The minimum Gasteiger partial charge on any atom is -0.373 e. The Bertz CT molecular complexity index is 1210. The summed E-state index contributed by atoms with van der Waals surface area (Å²) in [6.07, 6.45) is 0. The molecule has 0 aromatic heterocycles. The number of fused-ring (bicyclic) bond motifs is 2. The minimum atomic E-state index is -1.42. The van der Waals surface area contributed by atoms with Crippen LogP contribution in [0.4, 0.5) is 11.4 Å². The zero-order valence-corrected chi connectivity index (χ0v) is 16.2. The maximum absolute atomic E-state index is 13.3. The van der Waals surface area contributed by atoms with Crippen molar-refractivity contribution in [2.45, 2.75) is 11.5 Å². The number of halogens is 1. The van der Waals surface area contributed by atoms with Crippen LogP contribution >= 0.6 is 11.6 Å². The summed E-state index contributed by atoms with van der Waals surface area (Å²) in [5.74, 6) is -0.931. The molecule has 0 saturated carbocycles. The first-order valence-corrected chi connectivity index (χ1v) is 9.56. The third kappa shape index (κ3) is 2.52. The topological polar surface area (TPSA) is 93.8 Å². The standard InChI is InChI=1S/C22H14ClN3O4/c23-17-8-4-7-16-20(17)24-21(27)22(16)18(13-5-2-1-3-6-13)19(25-30-22)14-9-11-15(12-10-14)26(28)29/h1-12,18H,(H,24,27)/t18-,22-/m1/s1. The third-order valence-electron chi connectivity index (χ3n) is 5.46. The Labute approximate surface area is 176 Å². The van der Waals surface area contributed by atoms with Gasteiger partial charge in [-0.25, -0.2) is 0 Å². The molecule has 0 unspecified atom stereocenters. The van der Waals surface area contributed by atoms with Gasteiger partial charge in [-0.2, -0.15) is 0 Å². The number of nitrogens with zero attached hydrogens (tertiary/aromatic N) is 2. The number of anilines is 1. The molecule has 1 amide bonds. The van der Waals surface area contributed by atoms with Crippen LogP contribution in [0.5, 0.6) is 0 Å². The molecule has 1 spiro atoms. The molecule has 1 N–H and O–H groups in total. The first-order chi connectivity index (χ1) is 14.5. The van der Waals surface area contributed by atoms with Crippen LogP contribution in [0.3, 0.4) is 0 Å². The molecule has 0 aliphatic carbocycles. The van der Waals surface area contributed by atoms with Crippen LogP contribution in [-0.4, -0.2) is 16.5 Å². The van der Waals surface area contributed by atoms with E-state index in [0.29, 0.717) is 27.5 Å². The van der Waals surface area contributed by atoms with Crippen molar-refractivity contribution < 1.29 is 14.6 Å². The second kappa shape index (κ2) is 6.67. The number of nitro groups is 1. The average molecular weight is 420 g/mol. The fourth-order valence-electron chi connectivity index (χ4n) is 4.10. The van der Waals surface area contributed by atoms with Crippen LogP contribution in [0.1, 0.15) is 22.6 Å². The monoisotopic (exact) mass is 419 g/mol. The maximum Gasteiger partial charge on any atom is 0.277 e. The number of rotatable bonds is 3. The molecule has 2 atom stereocenters. The highest BCUT2D eigenvalue weighted by Crippen LogP contribution is 2.54. The quantitative estimate of drug-likeness (QED) is 0.495. The van der Waals surface area contributed by atoms with Crippen molar-refractivity contribution >= 4 is 34.6 Å². The molecular formula is C22H14ClN3O4. The summed E-state index contributed by atoms with van der Waals surface area (Å²) in [6, 6.07) is 20.7. The Morgan fingerprint density at radius 3 is 2.47 bits per heavy atom. The van der Waals surface area contributed by atoms with Gasteiger partial charge in [-0.1, -0.05) is 59.2 Å². The summed E-state index contributed by atoms with van der Waals surface area (Å²) < 4.78 is 0. The van der Waals surface area contributed by atoms with Crippen LogP contribution in [-0.2, 0) is 15.2 Å². The SMILES string of the molecule is O=C1Nc2c(Cl)cccc2[C@]12ON=C(c1ccc([N+](=O)[O-])cc1)[C@H]2c1ccccc1. The van der Waals surface area contributed by atoms with Crippen LogP contribution in [0.2, 0.25) is 5.02 Å². The number of amides is 1. The molecule has 0 bridgehead atoms. The second-order valence-corrected chi connectivity index (χ2v) is 7.47. The Hall–Kier alpha value is -3.71. The number of carbonyl (C=O) groups excluding carboxylic acids is 1. The summed E-state index contributed by atoms with van der Waals surface area (Å²) in [4.78, 5) is 29.7. The molecule has 0 fully saturated rings. The van der Waals surface area contributed by atoms with Gasteiger partial charge in [0.25, 0.3) is 17.2 Å². The van der Waals surface area contributed by atoms with Gasteiger partial charge in [0.05, 0.1) is 27.3 Å². The van der Waals surface area contributed by atoms with Gasteiger partial charge < -0.3 is 10.2 Å². The van der Waals surface area contributed by atoms with Crippen LogP contribution < -0.4 is 5.32 Å². The molecule has 30 heavy (non-hydrogen) atoms. The van der Waals surface area contributed by atoms with E-state index in [0.717, 1.165) is 5.56 Å². The number of non-ortho nitro benzene ring substituents is 1. The summed E-state index contributed by atoms with van der Waals surface area (Å²) in [5.41, 5.74) is 1.64. The van der Waals surface area contributed by atoms with E-state index in [4.69, 9.17) is 16.4 Å². The number of carbonyl (C=O) groups is 1. The maximum atomic E-state index is 13.3. The van der Waals surface area contributed by atoms with Crippen molar-refractivity contribution in [1.29, 1.82) is 0 Å². The summed E-state index contributed by atoms with van der Waals surface area (Å²) >= 11 is 6.32. The molecule has 5 rings (SSSR count). The number of hydrogen-bond acceptors (Lipinski definition) is 5. The fraction of sp³-hybridized carbons (Fsp3) is 0.0909. The Morgan fingerprint density at radius 2 is 1.77 bits per heavy atom. The number of para-hydroxylation sites is 1. The van der Waals surface area contributed by atoms with Crippen LogP contribution in [0, 0.1) is 10.1 Å². The number of nitro benzene ring substituents is 1. The van der Waals surface area contributed by atoms with Crippen molar-refractivity contribution in [3.63, 3.8) is 0 Å². The Morgan fingerprint density at radius 1 is 1.03 bits per heavy atom. The molecule has 0 radical (unpaired) electrons. The first kappa shape index (κ1) is 18.3. The van der Waals surface area contributed by atoms with E-state index in [2.05, 4.69) is 10.5 Å². The lowest BCUT2D eigenvalue weighted by Crippen LogP contribution is -2.41. The van der Waals surface area contributed by atoms with E-state index >= 15 is 0 Å². The Balaban J connectivity index is 1.69. The highest BCUT2D eigenvalue weighted by molar-refractivity contribution is 6.35. The largest absolute Gasteiger partial charge is 0.373 e. The lowest BCUT2D eigenvalue weighted by molar-refractivity contribution is -0.384. The molecule has 3 aromatic rings. The summed E-state index contributed by atoms with van der Waals surface area (Å²) in [7, 11) is 0. The fourth-order valence-corrected chi connectivity index (χ4v) is 4.32. The van der Waals surface area contributed by atoms with E-state index < -0.39 is 16.4 Å². The normalized spacial score (nSPS) is 21.7. The number of oxime groups is 1. The Kier molecular flexibility index (Phi) is 4.08. The molecule has 8 heteroatoms. The van der Waals surface area contributed by atoms with Gasteiger partial charge in [0, 0.05) is 23.3 Å². The van der Waals surface area contributed by atoms with E-state index in [1.54, 1.807) is 30.3 Å². The van der Waals surface area contributed by atoms with Crippen molar-refractivity contribution in [2.75, 3.05) is 5.32 Å². The highest BCUT2D eigenvalue weighted by atomic mass is 35.5. The number of hydrogen-bond donors (Lipinski definition) is 1. The smallest absolute Gasteiger partial charge is 0.277 e. The molecule has 2 heterocycles. The molecule has 3 aromatic carbocycles. The molecule has 0 saturated heterocycles. The van der Waals surface area contributed by atoms with Crippen molar-refractivity contribution in [2.24, 2.45) is 5.16 Å². The zero-order valence-electron chi connectivity index (χ0n) is 15.4.